The molecular formula is C20H30N2O3S. The van der Waals surface area contributed by atoms with E-state index >= 15 is 0 Å². The summed E-state index contributed by atoms with van der Waals surface area (Å²) in [6.07, 6.45) is 7.78. The fourth-order valence-corrected chi connectivity index (χ4v) is 5.03. The second-order valence-corrected chi connectivity index (χ2v) is 9.88. The molecule has 6 heteroatoms. The number of carbonyl (C=O) groups is 1. The number of rotatable bonds is 6. The Morgan fingerprint density at radius 3 is 2.19 bits per heavy atom. The average molecular weight is 379 g/mol. The molecule has 0 unspecified atom stereocenters. The van der Waals surface area contributed by atoms with Crippen LogP contribution in [0.2, 0.25) is 0 Å². The molecule has 0 heterocycles. The van der Waals surface area contributed by atoms with E-state index in [0.717, 1.165) is 49.7 Å². The second kappa shape index (κ2) is 7.69. The first-order chi connectivity index (χ1) is 12.3. The van der Waals surface area contributed by atoms with Gasteiger partial charge in [0.05, 0.1) is 11.4 Å². The Balaban J connectivity index is 1.73. The second-order valence-electron chi connectivity index (χ2n) is 7.83. The normalized spacial score (nSPS) is 18.9. The molecule has 0 atom stereocenters. The first-order valence-electron chi connectivity index (χ1n) is 9.65. The molecule has 2 saturated carbocycles. The van der Waals surface area contributed by atoms with Gasteiger partial charge in [0.15, 0.2) is 0 Å². The van der Waals surface area contributed by atoms with Gasteiger partial charge in [0.1, 0.15) is 0 Å². The molecular weight excluding hydrogens is 348 g/mol. The van der Waals surface area contributed by atoms with Gasteiger partial charge < -0.3 is 4.90 Å². The fourth-order valence-electron chi connectivity index (χ4n) is 3.83. The van der Waals surface area contributed by atoms with Gasteiger partial charge >= 0.3 is 0 Å². The molecule has 0 aromatic heterocycles. The molecule has 0 spiro atoms. The molecule has 0 saturated heterocycles. The van der Waals surface area contributed by atoms with Crippen molar-refractivity contribution < 1.29 is 13.2 Å². The molecule has 2 aliphatic rings. The number of aryl methyl sites for hydroxylation is 2. The van der Waals surface area contributed by atoms with E-state index < -0.39 is 10.0 Å². The summed E-state index contributed by atoms with van der Waals surface area (Å²) < 4.78 is 26.9. The Bertz CT molecular complexity index is 765. The fraction of sp³-hybridized carbons (Fsp3) is 0.650. The first kappa shape index (κ1) is 19.4. The van der Waals surface area contributed by atoms with E-state index in [-0.39, 0.29) is 17.3 Å². The van der Waals surface area contributed by atoms with Crippen LogP contribution in [0.15, 0.2) is 23.1 Å². The third-order valence-corrected chi connectivity index (χ3v) is 7.54. The van der Waals surface area contributed by atoms with Gasteiger partial charge in [-0.25, -0.2) is 8.42 Å². The SMILES string of the molecule is Cc1ccc(S(=O)(=O)N(C)CC(=O)N(C2CCCCC2)C2CC2)cc1C. The summed E-state index contributed by atoms with van der Waals surface area (Å²) in [5, 5.41) is 0. The number of sulfonamides is 1. The molecule has 0 bridgehead atoms. The van der Waals surface area contributed by atoms with Crippen LogP contribution in [-0.2, 0) is 14.8 Å². The predicted octanol–water partition coefficient (Wildman–Crippen LogP) is 3.25. The number of likely N-dealkylation sites (N-methyl/N-ethyl adjacent to an activating group) is 1. The van der Waals surface area contributed by atoms with Gasteiger partial charge in [-0.1, -0.05) is 25.3 Å². The third-order valence-electron chi connectivity index (χ3n) is 5.74. The number of amides is 1. The van der Waals surface area contributed by atoms with Gasteiger partial charge in [0, 0.05) is 19.1 Å². The standard InChI is InChI=1S/C20H30N2O3S/c1-15-9-12-19(13-16(15)2)26(24,25)21(3)14-20(23)22(18-10-11-18)17-7-5-4-6-8-17/h9,12-13,17-18H,4-8,10-11,14H2,1-3H3. The largest absolute Gasteiger partial charge is 0.336 e. The molecule has 1 aromatic carbocycles. The Labute approximate surface area is 157 Å². The smallest absolute Gasteiger partial charge is 0.243 e. The van der Waals surface area contributed by atoms with Crippen LogP contribution in [0, 0.1) is 13.8 Å². The molecule has 0 N–H and O–H groups in total. The molecule has 1 aromatic rings. The Kier molecular flexibility index (Phi) is 5.72. The molecule has 3 rings (SSSR count). The highest BCUT2D eigenvalue weighted by atomic mass is 32.2. The zero-order valence-corrected chi connectivity index (χ0v) is 16.9. The van der Waals surface area contributed by atoms with Crippen molar-refractivity contribution in [3.05, 3.63) is 29.3 Å². The lowest BCUT2D eigenvalue weighted by Crippen LogP contribution is -2.47. The summed E-state index contributed by atoms with van der Waals surface area (Å²) in [5.74, 6) is -0.0469. The van der Waals surface area contributed by atoms with Crippen molar-refractivity contribution in [2.45, 2.75) is 75.8 Å². The highest BCUT2D eigenvalue weighted by Crippen LogP contribution is 2.34. The van der Waals surface area contributed by atoms with Crippen LogP contribution in [0.4, 0.5) is 0 Å². The average Bonchev–Trinajstić information content (AvgIpc) is 3.43. The molecule has 26 heavy (non-hydrogen) atoms. The van der Waals surface area contributed by atoms with E-state index in [0.29, 0.717) is 12.1 Å². The summed E-state index contributed by atoms with van der Waals surface area (Å²) in [7, 11) is -2.15. The number of nitrogens with zero attached hydrogens (tertiary/aromatic N) is 2. The number of carbonyl (C=O) groups excluding carboxylic acids is 1. The lowest BCUT2D eigenvalue weighted by atomic mass is 9.94. The summed E-state index contributed by atoms with van der Waals surface area (Å²) in [6, 6.07) is 5.74. The van der Waals surface area contributed by atoms with E-state index in [9.17, 15) is 13.2 Å². The Hall–Kier alpha value is -1.40. The minimum atomic E-state index is -3.66. The van der Waals surface area contributed by atoms with Crippen molar-refractivity contribution in [3.63, 3.8) is 0 Å². The van der Waals surface area contributed by atoms with Gasteiger partial charge in [-0.05, 0) is 62.8 Å². The number of hydrogen-bond acceptors (Lipinski definition) is 3. The van der Waals surface area contributed by atoms with Crippen molar-refractivity contribution in [1.82, 2.24) is 9.21 Å². The molecule has 5 nitrogen and oxygen atoms in total. The highest BCUT2D eigenvalue weighted by molar-refractivity contribution is 7.89. The van der Waals surface area contributed by atoms with Crippen molar-refractivity contribution in [2.24, 2.45) is 0 Å². The van der Waals surface area contributed by atoms with Gasteiger partial charge in [-0.3, -0.25) is 4.79 Å². The van der Waals surface area contributed by atoms with Gasteiger partial charge in [0.2, 0.25) is 15.9 Å². The lowest BCUT2D eigenvalue weighted by Gasteiger charge is -2.35. The van der Waals surface area contributed by atoms with Crippen LogP contribution in [0.25, 0.3) is 0 Å². The van der Waals surface area contributed by atoms with Crippen molar-refractivity contribution in [2.75, 3.05) is 13.6 Å². The molecule has 2 aliphatic carbocycles. The minimum absolute atomic E-state index is 0.0469. The van der Waals surface area contributed by atoms with Gasteiger partial charge in [0.25, 0.3) is 0 Å². The maximum absolute atomic E-state index is 13.0. The van der Waals surface area contributed by atoms with Crippen LogP contribution in [0.1, 0.15) is 56.1 Å². The van der Waals surface area contributed by atoms with Gasteiger partial charge in [-0.2, -0.15) is 4.31 Å². The summed E-state index contributed by atoms with van der Waals surface area (Å²) in [6.45, 7) is 3.77. The molecule has 0 aliphatic heterocycles. The van der Waals surface area contributed by atoms with E-state index in [2.05, 4.69) is 0 Å². The van der Waals surface area contributed by atoms with E-state index in [1.54, 1.807) is 12.1 Å². The van der Waals surface area contributed by atoms with Crippen LogP contribution in [0.5, 0.6) is 0 Å². The summed E-state index contributed by atoms with van der Waals surface area (Å²) in [4.78, 5) is 15.2. The number of benzene rings is 1. The zero-order valence-electron chi connectivity index (χ0n) is 16.1. The van der Waals surface area contributed by atoms with E-state index in [1.165, 1.54) is 17.8 Å². The topological polar surface area (TPSA) is 57.7 Å². The highest BCUT2D eigenvalue weighted by Gasteiger charge is 2.38. The number of hydrogen-bond donors (Lipinski definition) is 0. The van der Waals surface area contributed by atoms with Crippen LogP contribution < -0.4 is 0 Å². The zero-order chi connectivity index (χ0) is 18.9. The van der Waals surface area contributed by atoms with Crippen molar-refractivity contribution >= 4 is 15.9 Å². The maximum atomic E-state index is 13.0. The monoisotopic (exact) mass is 378 g/mol. The molecule has 1 amide bonds. The molecule has 0 radical (unpaired) electrons. The maximum Gasteiger partial charge on any atom is 0.243 e. The van der Waals surface area contributed by atoms with E-state index in [4.69, 9.17) is 0 Å². The predicted molar refractivity (Wildman–Crippen MR) is 102 cm³/mol. The van der Waals surface area contributed by atoms with Crippen LogP contribution >= 0.6 is 0 Å². The van der Waals surface area contributed by atoms with E-state index in [1.807, 2.05) is 24.8 Å². The molecule has 2 fully saturated rings. The quantitative estimate of drug-likeness (QED) is 0.763. The van der Waals surface area contributed by atoms with Gasteiger partial charge in [-0.15, -0.1) is 0 Å². The van der Waals surface area contributed by atoms with Crippen molar-refractivity contribution in [3.8, 4) is 0 Å². The Morgan fingerprint density at radius 1 is 1.00 bits per heavy atom. The van der Waals surface area contributed by atoms with Crippen molar-refractivity contribution in [1.29, 1.82) is 0 Å². The summed E-state index contributed by atoms with van der Waals surface area (Å²) in [5.41, 5.74) is 1.99. The van der Waals surface area contributed by atoms with Crippen LogP contribution in [0.3, 0.4) is 0 Å². The third kappa shape index (κ3) is 4.12. The Morgan fingerprint density at radius 2 is 1.62 bits per heavy atom. The molecule has 144 valence electrons. The first-order valence-corrected chi connectivity index (χ1v) is 11.1. The minimum Gasteiger partial charge on any atom is -0.336 e. The van der Waals surface area contributed by atoms with Crippen LogP contribution in [-0.4, -0.2) is 49.2 Å². The summed E-state index contributed by atoms with van der Waals surface area (Å²) >= 11 is 0. The lowest BCUT2D eigenvalue weighted by molar-refractivity contribution is -0.134.